The van der Waals surface area contributed by atoms with E-state index in [2.05, 4.69) is 12.2 Å². The van der Waals surface area contributed by atoms with E-state index >= 15 is 0 Å². The number of amides is 1. The molecule has 3 aromatic rings. The van der Waals surface area contributed by atoms with E-state index in [-0.39, 0.29) is 10.6 Å². The first kappa shape index (κ1) is 21.9. The molecule has 0 saturated carbocycles. The maximum Gasteiger partial charge on any atom is 0.339 e. The topological polar surface area (TPSA) is 128 Å². The van der Waals surface area contributed by atoms with Gasteiger partial charge in [-0.25, -0.2) is 18.4 Å². The summed E-state index contributed by atoms with van der Waals surface area (Å²) < 4.78 is 28.3. The molecule has 32 heavy (non-hydrogen) atoms. The summed E-state index contributed by atoms with van der Waals surface area (Å²) in [5, 5.41) is 8.34. The minimum Gasteiger partial charge on any atom is -0.452 e. The molecule has 3 N–H and O–H groups in total. The van der Waals surface area contributed by atoms with Gasteiger partial charge in [-0.2, -0.15) is 0 Å². The fourth-order valence-electron chi connectivity index (χ4n) is 3.95. The summed E-state index contributed by atoms with van der Waals surface area (Å²) in [6, 6.07) is 12.9. The lowest BCUT2D eigenvalue weighted by Crippen LogP contribution is -2.23. The van der Waals surface area contributed by atoms with Crippen molar-refractivity contribution in [2.45, 2.75) is 31.1 Å². The van der Waals surface area contributed by atoms with Gasteiger partial charge < -0.3 is 10.1 Å². The number of aromatic nitrogens is 1. The number of anilines is 1. The molecule has 8 nitrogen and oxygen atoms in total. The Kier molecular flexibility index (Phi) is 5.94. The van der Waals surface area contributed by atoms with Crippen LogP contribution in [0.3, 0.4) is 0 Å². The standard InChI is InChI=1S/C23H23N3O5S/c1-14-9-10-20-18(11-14)22(17-7-2-3-8-19(17)26-20)23(28)31-13-21(27)25-15-5-4-6-16(12-15)32(24,29)30/h2-8,12,14H,9-11,13H2,1H3,(H,25,27)(H2,24,29,30). The van der Waals surface area contributed by atoms with Crippen LogP contribution in [0, 0.1) is 5.92 Å². The lowest BCUT2D eigenvalue weighted by atomic mass is 9.84. The van der Waals surface area contributed by atoms with E-state index in [1.54, 1.807) is 0 Å². The van der Waals surface area contributed by atoms with Gasteiger partial charge in [0.1, 0.15) is 0 Å². The summed E-state index contributed by atoms with van der Waals surface area (Å²) in [5.74, 6) is -0.751. The molecule has 0 saturated heterocycles. The molecule has 0 fully saturated rings. The van der Waals surface area contributed by atoms with Crippen molar-refractivity contribution in [3.8, 4) is 0 Å². The van der Waals surface area contributed by atoms with Crippen LogP contribution in [-0.4, -0.2) is 31.9 Å². The third kappa shape index (κ3) is 4.63. The highest BCUT2D eigenvalue weighted by molar-refractivity contribution is 7.89. The summed E-state index contributed by atoms with van der Waals surface area (Å²) in [6.07, 6.45) is 2.53. The number of nitrogens with two attached hydrogens (primary N) is 1. The number of carbonyl (C=O) groups excluding carboxylic acids is 2. The first-order valence-electron chi connectivity index (χ1n) is 10.2. The quantitative estimate of drug-likeness (QED) is 0.572. The molecule has 2 aromatic carbocycles. The zero-order valence-electron chi connectivity index (χ0n) is 17.5. The molecule has 0 radical (unpaired) electrons. The van der Waals surface area contributed by atoms with Crippen LogP contribution in [0.4, 0.5) is 5.69 Å². The van der Waals surface area contributed by atoms with Crippen LogP contribution < -0.4 is 10.5 Å². The van der Waals surface area contributed by atoms with Crippen molar-refractivity contribution in [2.24, 2.45) is 11.1 Å². The SMILES string of the molecule is CC1CCc2nc3ccccc3c(C(=O)OCC(=O)Nc3cccc(S(N)(=O)=O)c3)c2C1. The number of benzene rings is 2. The van der Waals surface area contributed by atoms with E-state index in [4.69, 9.17) is 14.9 Å². The Bertz CT molecular complexity index is 1320. The highest BCUT2D eigenvalue weighted by Crippen LogP contribution is 2.32. The average molecular weight is 454 g/mol. The summed E-state index contributed by atoms with van der Waals surface area (Å²) in [6.45, 7) is 1.62. The number of nitrogens with zero attached hydrogens (tertiary/aromatic N) is 1. The number of hydrogen-bond donors (Lipinski definition) is 2. The second-order valence-corrected chi connectivity index (χ2v) is 9.54. The van der Waals surface area contributed by atoms with E-state index in [1.165, 1.54) is 24.3 Å². The molecule has 166 valence electrons. The van der Waals surface area contributed by atoms with E-state index in [0.29, 0.717) is 16.9 Å². The van der Waals surface area contributed by atoms with Gasteiger partial charge in [-0.15, -0.1) is 0 Å². The number of sulfonamides is 1. The second kappa shape index (κ2) is 8.68. The van der Waals surface area contributed by atoms with Crippen LogP contribution in [0.15, 0.2) is 53.4 Å². The Morgan fingerprint density at radius 1 is 1.19 bits per heavy atom. The van der Waals surface area contributed by atoms with Crippen molar-refractivity contribution in [1.82, 2.24) is 4.98 Å². The number of nitrogens with one attached hydrogen (secondary N) is 1. The third-order valence-electron chi connectivity index (χ3n) is 5.49. The van der Waals surface area contributed by atoms with Gasteiger partial charge in [0.2, 0.25) is 10.0 Å². The summed E-state index contributed by atoms with van der Waals surface area (Å²) >= 11 is 0. The van der Waals surface area contributed by atoms with Crippen LogP contribution in [0.2, 0.25) is 0 Å². The van der Waals surface area contributed by atoms with Crippen molar-refractivity contribution >= 4 is 38.5 Å². The third-order valence-corrected chi connectivity index (χ3v) is 6.40. The summed E-state index contributed by atoms with van der Waals surface area (Å²) in [5.41, 5.74) is 3.20. The normalized spacial score (nSPS) is 15.8. The number of aryl methyl sites for hydroxylation is 1. The number of esters is 1. The predicted octanol–water partition coefficient (Wildman–Crippen LogP) is 2.80. The molecular weight excluding hydrogens is 430 g/mol. The molecule has 0 spiro atoms. The molecule has 0 aliphatic heterocycles. The summed E-state index contributed by atoms with van der Waals surface area (Å²) in [7, 11) is -3.90. The fourth-order valence-corrected chi connectivity index (χ4v) is 4.51. The highest BCUT2D eigenvalue weighted by atomic mass is 32.2. The molecule has 9 heteroatoms. The van der Waals surface area contributed by atoms with Gasteiger partial charge in [0.05, 0.1) is 16.0 Å². The zero-order valence-corrected chi connectivity index (χ0v) is 18.3. The van der Waals surface area contributed by atoms with Crippen molar-refractivity contribution in [3.63, 3.8) is 0 Å². The maximum absolute atomic E-state index is 13.1. The van der Waals surface area contributed by atoms with Crippen molar-refractivity contribution in [3.05, 3.63) is 65.4 Å². The number of ether oxygens (including phenoxy) is 1. The number of carbonyl (C=O) groups is 2. The number of fused-ring (bicyclic) bond motifs is 2. The molecule has 1 heterocycles. The van der Waals surface area contributed by atoms with Gasteiger partial charge in [0.25, 0.3) is 5.91 Å². The van der Waals surface area contributed by atoms with Gasteiger partial charge in [0.15, 0.2) is 6.61 Å². The van der Waals surface area contributed by atoms with Crippen molar-refractivity contribution in [1.29, 1.82) is 0 Å². The number of rotatable bonds is 5. The molecule has 4 rings (SSSR count). The van der Waals surface area contributed by atoms with Gasteiger partial charge in [-0.05, 0) is 55.0 Å². The molecule has 1 amide bonds. The largest absolute Gasteiger partial charge is 0.452 e. The van der Waals surface area contributed by atoms with E-state index in [1.807, 2.05) is 24.3 Å². The van der Waals surface area contributed by atoms with Crippen molar-refractivity contribution < 1.29 is 22.7 Å². The Morgan fingerprint density at radius 2 is 1.97 bits per heavy atom. The van der Waals surface area contributed by atoms with Gasteiger partial charge in [-0.1, -0.05) is 31.2 Å². The van der Waals surface area contributed by atoms with Gasteiger partial charge >= 0.3 is 5.97 Å². The maximum atomic E-state index is 13.1. The minimum atomic E-state index is -3.90. The van der Waals surface area contributed by atoms with Gasteiger partial charge in [0, 0.05) is 16.8 Å². The molecule has 1 aliphatic rings. The molecular formula is C23H23N3O5S. The smallest absolute Gasteiger partial charge is 0.339 e. The molecule has 0 bridgehead atoms. The van der Waals surface area contributed by atoms with Crippen LogP contribution in [0.1, 0.15) is 35.0 Å². The van der Waals surface area contributed by atoms with Crippen LogP contribution >= 0.6 is 0 Å². The Hall–Kier alpha value is -3.30. The van der Waals surface area contributed by atoms with E-state index in [0.717, 1.165) is 36.0 Å². The number of hydrogen-bond acceptors (Lipinski definition) is 6. The monoisotopic (exact) mass is 453 g/mol. The molecule has 1 aliphatic carbocycles. The van der Waals surface area contributed by atoms with E-state index in [9.17, 15) is 18.0 Å². The van der Waals surface area contributed by atoms with Crippen LogP contribution in [0.25, 0.3) is 10.9 Å². The fraction of sp³-hybridized carbons (Fsp3) is 0.261. The summed E-state index contributed by atoms with van der Waals surface area (Å²) in [4.78, 5) is 30.0. The van der Waals surface area contributed by atoms with Gasteiger partial charge in [-0.3, -0.25) is 9.78 Å². The minimum absolute atomic E-state index is 0.128. The molecule has 1 unspecified atom stereocenters. The Balaban J connectivity index is 1.54. The zero-order chi connectivity index (χ0) is 22.9. The predicted molar refractivity (Wildman–Crippen MR) is 120 cm³/mol. The van der Waals surface area contributed by atoms with Crippen molar-refractivity contribution in [2.75, 3.05) is 11.9 Å². The Labute approximate surface area is 185 Å². The molecule has 1 atom stereocenters. The first-order chi connectivity index (χ1) is 15.2. The van der Waals surface area contributed by atoms with Crippen LogP contribution in [0.5, 0.6) is 0 Å². The number of pyridine rings is 1. The Morgan fingerprint density at radius 3 is 2.75 bits per heavy atom. The first-order valence-corrected chi connectivity index (χ1v) is 11.8. The van der Waals surface area contributed by atoms with E-state index < -0.39 is 28.5 Å². The number of para-hydroxylation sites is 1. The second-order valence-electron chi connectivity index (χ2n) is 7.97. The molecule has 1 aromatic heterocycles. The highest BCUT2D eigenvalue weighted by Gasteiger charge is 2.26. The van der Waals surface area contributed by atoms with Crippen LogP contribution in [-0.2, 0) is 32.4 Å². The lowest BCUT2D eigenvalue weighted by molar-refractivity contribution is -0.119. The average Bonchev–Trinajstić information content (AvgIpc) is 2.75. The number of primary sulfonamides is 1. The lowest BCUT2D eigenvalue weighted by Gasteiger charge is -2.24.